The van der Waals surface area contributed by atoms with Crippen LogP contribution in [0.5, 0.6) is 0 Å². The summed E-state index contributed by atoms with van der Waals surface area (Å²) in [5, 5.41) is 6.15. The van der Waals surface area contributed by atoms with Gasteiger partial charge in [0.2, 0.25) is 5.91 Å². The number of hydrogen-bond donors (Lipinski definition) is 2. The maximum Gasteiger partial charge on any atom is 0.234 e. The molecule has 15 heavy (non-hydrogen) atoms. The fraction of sp³-hybridized carbons (Fsp3) is 0.917. The van der Waals surface area contributed by atoms with Gasteiger partial charge in [-0.15, -0.1) is 0 Å². The van der Waals surface area contributed by atoms with E-state index in [0.29, 0.717) is 12.6 Å². The first-order valence-electron chi connectivity index (χ1n) is 6.33. The maximum atomic E-state index is 11.1. The van der Waals surface area contributed by atoms with Crippen molar-refractivity contribution in [3.63, 3.8) is 0 Å². The number of amides is 1. The smallest absolute Gasteiger partial charge is 0.234 e. The number of unbranched alkanes of at least 4 members (excludes halogenated alkanes) is 5. The Morgan fingerprint density at radius 3 is 2.67 bits per heavy atom. The summed E-state index contributed by atoms with van der Waals surface area (Å²) < 4.78 is 0. The van der Waals surface area contributed by atoms with Crippen LogP contribution in [0.3, 0.4) is 0 Å². The molecule has 88 valence electrons. The van der Waals surface area contributed by atoms with Gasteiger partial charge in [-0.1, -0.05) is 45.4 Å². The van der Waals surface area contributed by atoms with E-state index in [4.69, 9.17) is 0 Å². The standard InChI is InChI=1S/C12H24N2O/c1-2-3-4-5-6-7-8-11-9-13-10-12(15)14-11/h11,13H,2-10H2,1H3,(H,14,15). The molecule has 1 fully saturated rings. The molecule has 1 amide bonds. The molecule has 2 N–H and O–H groups in total. The third-order valence-electron chi connectivity index (χ3n) is 2.95. The fourth-order valence-electron chi connectivity index (χ4n) is 2.03. The minimum atomic E-state index is 0.150. The first-order chi connectivity index (χ1) is 7.33. The summed E-state index contributed by atoms with van der Waals surface area (Å²) in [6.07, 6.45) is 9.08. The van der Waals surface area contributed by atoms with E-state index in [-0.39, 0.29) is 5.91 Å². The molecule has 0 bridgehead atoms. The van der Waals surface area contributed by atoms with Gasteiger partial charge in [0.1, 0.15) is 0 Å². The lowest BCUT2D eigenvalue weighted by molar-refractivity contribution is -0.122. The molecule has 1 aliphatic heterocycles. The van der Waals surface area contributed by atoms with Gasteiger partial charge in [0.15, 0.2) is 0 Å². The summed E-state index contributed by atoms with van der Waals surface area (Å²) >= 11 is 0. The molecule has 3 nitrogen and oxygen atoms in total. The Labute approximate surface area is 93.0 Å². The van der Waals surface area contributed by atoms with Gasteiger partial charge in [-0.25, -0.2) is 0 Å². The summed E-state index contributed by atoms with van der Waals surface area (Å²) in [6.45, 7) is 3.68. The Morgan fingerprint density at radius 1 is 1.20 bits per heavy atom. The highest BCUT2D eigenvalue weighted by Gasteiger charge is 2.16. The van der Waals surface area contributed by atoms with E-state index in [1.807, 2.05) is 0 Å². The monoisotopic (exact) mass is 212 g/mol. The van der Waals surface area contributed by atoms with E-state index >= 15 is 0 Å². The molecule has 1 heterocycles. The van der Waals surface area contributed by atoms with Gasteiger partial charge in [0.05, 0.1) is 6.54 Å². The van der Waals surface area contributed by atoms with Crippen LogP contribution in [0.2, 0.25) is 0 Å². The number of nitrogens with one attached hydrogen (secondary N) is 2. The molecule has 0 aromatic heterocycles. The third kappa shape index (κ3) is 5.78. The zero-order valence-electron chi connectivity index (χ0n) is 9.85. The predicted molar refractivity (Wildman–Crippen MR) is 62.8 cm³/mol. The number of hydrogen-bond acceptors (Lipinski definition) is 2. The maximum absolute atomic E-state index is 11.1. The van der Waals surface area contributed by atoms with Crippen molar-refractivity contribution in [1.29, 1.82) is 0 Å². The van der Waals surface area contributed by atoms with Gasteiger partial charge in [-0.05, 0) is 6.42 Å². The second kappa shape index (κ2) is 7.69. The van der Waals surface area contributed by atoms with E-state index in [1.54, 1.807) is 0 Å². The Hall–Kier alpha value is -0.570. The van der Waals surface area contributed by atoms with Gasteiger partial charge in [-0.2, -0.15) is 0 Å². The lowest BCUT2D eigenvalue weighted by Gasteiger charge is -2.24. The summed E-state index contributed by atoms with van der Waals surface area (Å²) in [7, 11) is 0. The largest absolute Gasteiger partial charge is 0.351 e. The van der Waals surface area contributed by atoms with Crippen LogP contribution in [0, 0.1) is 0 Å². The van der Waals surface area contributed by atoms with E-state index in [0.717, 1.165) is 13.0 Å². The quantitative estimate of drug-likeness (QED) is 0.632. The van der Waals surface area contributed by atoms with Crippen molar-refractivity contribution in [2.45, 2.75) is 57.9 Å². The lowest BCUT2D eigenvalue weighted by atomic mass is 10.0. The Morgan fingerprint density at radius 2 is 1.93 bits per heavy atom. The minimum absolute atomic E-state index is 0.150. The first kappa shape index (κ1) is 12.5. The average Bonchev–Trinajstić information content (AvgIpc) is 2.23. The molecular formula is C12H24N2O. The number of rotatable bonds is 7. The fourth-order valence-corrected chi connectivity index (χ4v) is 2.03. The predicted octanol–water partition coefficient (Wildman–Crippen LogP) is 1.82. The molecule has 0 spiro atoms. The van der Waals surface area contributed by atoms with Gasteiger partial charge in [0.25, 0.3) is 0 Å². The van der Waals surface area contributed by atoms with Crippen LogP contribution in [0.4, 0.5) is 0 Å². The van der Waals surface area contributed by atoms with Crippen molar-refractivity contribution in [2.24, 2.45) is 0 Å². The van der Waals surface area contributed by atoms with E-state index < -0.39 is 0 Å². The second-order valence-corrected chi connectivity index (χ2v) is 4.45. The Kier molecular flexibility index (Phi) is 6.41. The Bertz CT molecular complexity index is 182. The molecule has 3 heteroatoms. The van der Waals surface area contributed by atoms with Crippen molar-refractivity contribution in [3.05, 3.63) is 0 Å². The second-order valence-electron chi connectivity index (χ2n) is 4.45. The average molecular weight is 212 g/mol. The highest BCUT2D eigenvalue weighted by Crippen LogP contribution is 2.09. The topological polar surface area (TPSA) is 41.1 Å². The summed E-state index contributed by atoms with van der Waals surface area (Å²) in [6, 6.07) is 0.373. The van der Waals surface area contributed by atoms with Crippen molar-refractivity contribution in [2.75, 3.05) is 13.1 Å². The van der Waals surface area contributed by atoms with Crippen LogP contribution in [-0.2, 0) is 4.79 Å². The minimum Gasteiger partial charge on any atom is -0.351 e. The molecular weight excluding hydrogens is 188 g/mol. The molecule has 0 radical (unpaired) electrons. The molecule has 0 aliphatic carbocycles. The van der Waals surface area contributed by atoms with Crippen LogP contribution < -0.4 is 10.6 Å². The van der Waals surface area contributed by atoms with Crippen molar-refractivity contribution >= 4 is 5.91 Å². The van der Waals surface area contributed by atoms with Crippen LogP contribution in [-0.4, -0.2) is 25.0 Å². The summed E-state index contributed by atoms with van der Waals surface area (Å²) in [5.41, 5.74) is 0. The molecule has 0 aromatic rings. The number of carbonyl (C=O) groups excluding carboxylic acids is 1. The zero-order valence-corrected chi connectivity index (χ0v) is 9.85. The van der Waals surface area contributed by atoms with Gasteiger partial charge < -0.3 is 10.6 Å². The molecule has 0 aromatic carbocycles. The molecule has 1 rings (SSSR count). The molecule has 1 saturated heterocycles. The van der Waals surface area contributed by atoms with E-state index in [2.05, 4.69) is 17.6 Å². The van der Waals surface area contributed by atoms with E-state index in [1.165, 1.54) is 38.5 Å². The third-order valence-corrected chi connectivity index (χ3v) is 2.95. The first-order valence-corrected chi connectivity index (χ1v) is 6.33. The summed E-state index contributed by atoms with van der Waals surface area (Å²) in [5.74, 6) is 0.150. The van der Waals surface area contributed by atoms with Crippen LogP contribution in [0.15, 0.2) is 0 Å². The van der Waals surface area contributed by atoms with Gasteiger partial charge in [0, 0.05) is 12.6 Å². The number of carbonyl (C=O) groups is 1. The highest BCUT2D eigenvalue weighted by atomic mass is 16.2. The summed E-state index contributed by atoms with van der Waals surface area (Å²) in [4.78, 5) is 11.1. The van der Waals surface area contributed by atoms with Crippen LogP contribution in [0.1, 0.15) is 51.9 Å². The Balaban J connectivity index is 1.92. The number of piperazine rings is 1. The molecule has 1 unspecified atom stereocenters. The van der Waals surface area contributed by atoms with Crippen LogP contribution in [0.25, 0.3) is 0 Å². The lowest BCUT2D eigenvalue weighted by Crippen LogP contribution is -2.51. The van der Waals surface area contributed by atoms with Crippen molar-refractivity contribution < 1.29 is 4.79 Å². The van der Waals surface area contributed by atoms with E-state index in [9.17, 15) is 4.79 Å². The molecule has 1 aliphatic rings. The van der Waals surface area contributed by atoms with Crippen LogP contribution >= 0.6 is 0 Å². The van der Waals surface area contributed by atoms with Gasteiger partial charge >= 0.3 is 0 Å². The zero-order chi connectivity index (χ0) is 10.9. The van der Waals surface area contributed by atoms with Crippen molar-refractivity contribution in [3.8, 4) is 0 Å². The molecule has 0 saturated carbocycles. The molecule has 1 atom stereocenters. The SMILES string of the molecule is CCCCCCCCC1CNCC(=O)N1. The highest BCUT2D eigenvalue weighted by molar-refractivity contribution is 5.79. The normalized spacial score (nSPS) is 21.4. The van der Waals surface area contributed by atoms with Gasteiger partial charge in [-0.3, -0.25) is 4.79 Å². The van der Waals surface area contributed by atoms with Crippen molar-refractivity contribution in [1.82, 2.24) is 10.6 Å².